The van der Waals surface area contributed by atoms with E-state index in [1.165, 1.54) is 6.92 Å². The molecular weight excluding hydrogens is 318 g/mol. The number of fused-ring (bicyclic) bond motifs is 2. The van der Waals surface area contributed by atoms with Gasteiger partial charge in [0.15, 0.2) is 11.4 Å². The van der Waals surface area contributed by atoms with Gasteiger partial charge in [0, 0.05) is 23.3 Å². The van der Waals surface area contributed by atoms with E-state index in [-0.39, 0.29) is 12.5 Å². The van der Waals surface area contributed by atoms with Gasteiger partial charge in [0.1, 0.15) is 17.1 Å². The summed E-state index contributed by atoms with van der Waals surface area (Å²) in [7, 11) is 0. The SMILES string of the molecule is CC(=O)Nc1ccc2ccc(-c3cc4cccc(CO)c4o3)nc2n1. The van der Waals surface area contributed by atoms with E-state index < -0.39 is 0 Å². The Balaban J connectivity index is 1.82. The van der Waals surface area contributed by atoms with Gasteiger partial charge in [-0.1, -0.05) is 18.2 Å². The van der Waals surface area contributed by atoms with Crippen LogP contribution in [0.4, 0.5) is 5.82 Å². The van der Waals surface area contributed by atoms with Crippen molar-refractivity contribution >= 4 is 33.7 Å². The molecule has 3 heterocycles. The van der Waals surface area contributed by atoms with Crippen LogP contribution >= 0.6 is 0 Å². The second kappa shape index (κ2) is 5.99. The van der Waals surface area contributed by atoms with Crippen molar-refractivity contribution in [1.29, 1.82) is 0 Å². The molecule has 0 atom stereocenters. The van der Waals surface area contributed by atoms with Crippen molar-refractivity contribution < 1.29 is 14.3 Å². The molecule has 2 N–H and O–H groups in total. The van der Waals surface area contributed by atoms with Crippen LogP contribution in [-0.2, 0) is 11.4 Å². The first-order valence-corrected chi connectivity index (χ1v) is 7.82. The van der Waals surface area contributed by atoms with Crippen LogP contribution in [0.2, 0.25) is 0 Å². The minimum atomic E-state index is -0.183. The largest absolute Gasteiger partial charge is 0.454 e. The molecule has 4 aromatic rings. The molecule has 0 spiro atoms. The minimum absolute atomic E-state index is 0.0862. The van der Waals surface area contributed by atoms with Gasteiger partial charge in [-0.05, 0) is 30.3 Å². The fraction of sp³-hybridized carbons (Fsp3) is 0.105. The quantitative estimate of drug-likeness (QED) is 0.599. The molecule has 0 fully saturated rings. The summed E-state index contributed by atoms with van der Waals surface area (Å²) in [4.78, 5) is 20.1. The Hall–Kier alpha value is -3.25. The van der Waals surface area contributed by atoms with E-state index in [2.05, 4.69) is 15.3 Å². The van der Waals surface area contributed by atoms with Gasteiger partial charge in [-0.25, -0.2) is 9.97 Å². The number of para-hydroxylation sites is 1. The van der Waals surface area contributed by atoms with Gasteiger partial charge >= 0.3 is 0 Å². The average molecular weight is 333 g/mol. The number of rotatable bonds is 3. The molecule has 0 unspecified atom stereocenters. The van der Waals surface area contributed by atoms with Gasteiger partial charge in [-0.3, -0.25) is 4.79 Å². The number of aliphatic hydroxyl groups excluding tert-OH is 1. The molecule has 0 bridgehead atoms. The Kier molecular flexibility index (Phi) is 3.66. The zero-order valence-corrected chi connectivity index (χ0v) is 13.5. The van der Waals surface area contributed by atoms with Crippen LogP contribution in [0.1, 0.15) is 12.5 Å². The number of amides is 1. The fourth-order valence-electron chi connectivity index (χ4n) is 2.76. The highest BCUT2D eigenvalue weighted by Crippen LogP contribution is 2.30. The maximum atomic E-state index is 11.2. The Labute approximate surface area is 143 Å². The molecule has 25 heavy (non-hydrogen) atoms. The minimum Gasteiger partial charge on any atom is -0.454 e. The first-order chi connectivity index (χ1) is 12.1. The molecule has 0 radical (unpaired) electrons. The number of nitrogens with one attached hydrogen (secondary N) is 1. The van der Waals surface area contributed by atoms with Gasteiger partial charge < -0.3 is 14.8 Å². The first-order valence-electron chi connectivity index (χ1n) is 7.82. The predicted molar refractivity (Wildman–Crippen MR) is 95.0 cm³/mol. The summed E-state index contributed by atoms with van der Waals surface area (Å²) in [6.07, 6.45) is 0. The lowest BCUT2D eigenvalue weighted by Gasteiger charge is -2.04. The number of furan rings is 1. The molecule has 6 nitrogen and oxygen atoms in total. The van der Waals surface area contributed by atoms with Crippen LogP contribution in [0.5, 0.6) is 0 Å². The molecule has 0 aliphatic rings. The van der Waals surface area contributed by atoms with Gasteiger partial charge in [-0.2, -0.15) is 0 Å². The van der Waals surface area contributed by atoms with E-state index >= 15 is 0 Å². The van der Waals surface area contributed by atoms with Crippen LogP contribution in [0.3, 0.4) is 0 Å². The third-order valence-electron chi connectivity index (χ3n) is 3.90. The summed E-state index contributed by atoms with van der Waals surface area (Å²) < 4.78 is 5.90. The van der Waals surface area contributed by atoms with E-state index in [9.17, 15) is 9.90 Å². The van der Waals surface area contributed by atoms with E-state index in [4.69, 9.17) is 4.42 Å². The van der Waals surface area contributed by atoms with Crippen molar-refractivity contribution in [1.82, 2.24) is 9.97 Å². The van der Waals surface area contributed by atoms with E-state index in [1.54, 1.807) is 6.07 Å². The van der Waals surface area contributed by atoms with Crippen molar-refractivity contribution in [2.24, 2.45) is 0 Å². The fourth-order valence-corrected chi connectivity index (χ4v) is 2.76. The van der Waals surface area contributed by atoms with Crippen molar-refractivity contribution in [2.45, 2.75) is 13.5 Å². The Morgan fingerprint density at radius 1 is 1.12 bits per heavy atom. The average Bonchev–Trinajstić information content (AvgIpc) is 3.04. The lowest BCUT2D eigenvalue weighted by atomic mass is 10.1. The number of hydrogen-bond acceptors (Lipinski definition) is 5. The number of carbonyl (C=O) groups excluding carboxylic acids is 1. The summed E-state index contributed by atoms with van der Waals surface area (Å²) in [5, 5.41) is 13.9. The third kappa shape index (κ3) is 2.83. The molecule has 0 aliphatic carbocycles. The van der Waals surface area contributed by atoms with Gasteiger partial charge in [0.25, 0.3) is 0 Å². The summed E-state index contributed by atoms with van der Waals surface area (Å²) in [6.45, 7) is 1.35. The molecule has 0 saturated heterocycles. The molecule has 4 rings (SSSR count). The van der Waals surface area contributed by atoms with Crippen LogP contribution in [0.15, 0.2) is 52.9 Å². The second-order valence-electron chi connectivity index (χ2n) is 5.73. The molecule has 3 aromatic heterocycles. The molecule has 0 saturated carbocycles. The topological polar surface area (TPSA) is 88.2 Å². The van der Waals surface area contributed by atoms with E-state index in [0.29, 0.717) is 28.5 Å². The van der Waals surface area contributed by atoms with E-state index in [0.717, 1.165) is 16.3 Å². The number of aromatic nitrogens is 2. The highest BCUT2D eigenvalue weighted by atomic mass is 16.3. The monoisotopic (exact) mass is 333 g/mol. The smallest absolute Gasteiger partial charge is 0.222 e. The first kappa shape index (κ1) is 15.3. The van der Waals surface area contributed by atoms with E-state index in [1.807, 2.05) is 42.5 Å². The number of aliphatic hydroxyl groups is 1. The zero-order valence-electron chi connectivity index (χ0n) is 13.5. The Morgan fingerprint density at radius 2 is 1.96 bits per heavy atom. The molecule has 6 heteroatoms. The molecular formula is C19H15N3O3. The number of hydrogen-bond donors (Lipinski definition) is 2. The molecule has 0 aliphatic heterocycles. The Morgan fingerprint density at radius 3 is 2.76 bits per heavy atom. The van der Waals surface area contributed by atoms with Crippen molar-refractivity contribution in [3.8, 4) is 11.5 Å². The highest BCUT2D eigenvalue weighted by Gasteiger charge is 2.11. The number of pyridine rings is 2. The van der Waals surface area contributed by atoms with Crippen molar-refractivity contribution in [2.75, 3.05) is 5.32 Å². The number of benzene rings is 1. The second-order valence-corrected chi connectivity index (χ2v) is 5.73. The summed E-state index contributed by atoms with van der Waals surface area (Å²) in [5.41, 5.74) is 2.55. The van der Waals surface area contributed by atoms with Gasteiger partial charge in [0.05, 0.1) is 6.61 Å². The summed E-state index contributed by atoms with van der Waals surface area (Å²) in [5.74, 6) is 0.873. The van der Waals surface area contributed by atoms with Gasteiger partial charge in [-0.15, -0.1) is 0 Å². The van der Waals surface area contributed by atoms with Crippen LogP contribution < -0.4 is 5.32 Å². The molecule has 124 valence electrons. The zero-order chi connectivity index (χ0) is 17.4. The van der Waals surface area contributed by atoms with Crippen molar-refractivity contribution in [3.63, 3.8) is 0 Å². The number of anilines is 1. The maximum absolute atomic E-state index is 11.2. The van der Waals surface area contributed by atoms with Crippen molar-refractivity contribution in [3.05, 3.63) is 54.1 Å². The lowest BCUT2D eigenvalue weighted by Crippen LogP contribution is -2.07. The predicted octanol–water partition coefficient (Wildman–Crippen LogP) is 3.49. The van der Waals surface area contributed by atoms with Crippen LogP contribution in [0, 0.1) is 0 Å². The Bertz CT molecular complexity index is 1100. The number of carbonyl (C=O) groups is 1. The van der Waals surface area contributed by atoms with Crippen LogP contribution in [-0.4, -0.2) is 21.0 Å². The summed E-state index contributed by atoms with van der Waals surface area (Å²) in [6, 6.07) is 14.9. The number of nitrogens with zero attached hydrogens (tertiary/aromatic N) is 2. The molecule has 1 aromatic carbocycles. The van der Waals surface area contributed by atoms with Gasteiger partial charge in [0.2, 0.25) is 5.91 Å². The highest BCUT2D eigenvalue weighted by molar-refractivity contribution is 5.90. The molecule has 1 amide bonds. The lowest BCUT2D eigenvalue weighted by molar-refractivity contribution is -0.114. The van der Waals surface area contributed by atoms with Crippen LogP contribution in [0.25, 0.3) is 33.5 Å². The standard InChI is InChI=1S/C19H15N3O3/c1-11(24)20-17-8-6-12-5-7-15(21-19(12)22-17)16-9-13-3-2-4-14(10-23)18(13)25-16/h2-9,23H,10H2,1H3,(H,20,21,22,24). The normalized spacial score (nSPS) is 11.1. The maximum Gasteiger partial charge on any atom is 0.222 e. The summed E-state index contributed by atoms with van der Waals surface area (Å²) >= 11 is 0. The third-order valence-corrected chi connectivity index (χ3v) is 3.90.